The molecule has 1 aliphatic carbocycles. The van der Waals surface area contributed by atoms with E-state index < -0.39 is 0 Å². The first-order valence-electron chi connectivity index (χ1n) is 5.47. The Labute approximate surface area is 86.3 Å². The predicted octanol–water partition coefficient (Wildman–Crippen LogP) is 2.74. The molecule has 1 atom stereocenters. The van der Waals surface area contributed by atoms with Crippen LogP contribution in [-0.2, 0) is 9.47 Å². The fourth-order valence-electron chi connectivity index (χ4n) is 2.19. The summed E-state index contributed by atoms with van der Waals surface area (Å²) in [6, 6.07) is 0. The fraction of sp³-hybridized carbons (Fsp3) is 0.833. The molecular weight excluding hydrogens is 176 g/mol. The topological polar surface area (TPSA) is 18.5 Å². The molecule has 1 aliphatic heterocycles. The van der Waals surface area contributed by atoms with Crippen molar-refractivity contribution in [3.8, 4) is 0 Å². The predicted molar refractivity (Wildman–Crippen MR) is 56.0 cm³/mol. The van der Waals surface area contributed by atoms with Crippen LogP contribution < -0.4 is 0 Å². The highest BCUT2D eigenvalue weighted by atomic mass is 16.7. The molecule has 0 aromatic carbocycles. The van der Waals surface area contributed by atoms with Crippen molar-refractivity contribution in [3.63, 3.8) is 0 Å². The zero-order chi connectivity index (χ0) is 10.2. The van der Waals surface area contributed by atoms with Gasteiger partial charge in [-0.25, -0.2) is 0 Å². The zero-order valence-electron chi connectivity index (χ0n) is 9.38. The summed E-state index contributed by atoms with van der Waals surface area (Å²) in [5.74, 6) is 0.287. The van der Waals surface area contributed by atoms with Crippen LogP contribution >= 0.6 is 0 Å². The Kier molecular flexibility index (Phi) is 2.44. The Hall–Kier alpha value is -0.340. The van der Waals surface area contributed by atoms with Gasteiger partial charge in [0.2, 0.25) is 0 Å². The molecule has 1 unspecified atom stereocenters. The maximum atomic E-state index is 5.77. The molecule has 2 nitrogen and oxygen atoms in total. The van der Waals surface area contributed by atoms with Crippen LogP contribution in [0.15, 0.2) is 12.2 Å². The minimum atomic E-state index is -0.383. The van der Waals surface area contributed by atoms with Crippen LogP contribution in [0.2, 0.25) is 0 Å². The SMILES string of the molecule is CC1CC=CCC12COC(C)(C)OC2. The lowest BCUT2D eigenvalue weighted by molar-refractivity contribution is -0.293. The van der Waals surface area contributed by atoms with Gasteiger partial charge in [-0.3, -0.25) is 0 Å². The van der Waals surface area contributed by atoms with Gasteiger partial charge in [0.1, 0.15) is 0 Å². The molecule has 14 heavy (non-hydrogen) atoms. The number of ether oxygens (including phenoxy) is 2. The second-order valence-corrected chi connectivity index (χ2v) is 5.15. The Morgan fingerprint density at radius 3 is 2.36 bits per heavy atom. The normalized spacial score (nSPS) is 34.6. The Morgan fingerprint density at radius 1 is 1.14 bits per heavy atom. The van der Waals surface area contributed by atoms with Crippen LogP contribution in [-0.4, -0.2) is 19.0 Å². The molecule has 1 spiro atoms. The molecule has 2 heteroatoms. The molecule has 1 saturated heterocycles. The molecular formula is C12H20O2. The first-order chi connectivity index (χ1) is 6.54. The van der Waals surface area contributed by atoms with E-state index in [2.05, 4.69) is 19.1 Å². The minimum Gasteiger partial charge on any atom is -0.350 e. The summed E-state index contributed by atoms with van der Waals surface area (Å²) in [7, 11) is 0. The van der Waals surface area contributed by atoms with Crippen LogP contribution in [0.4, 0.5) is 0 Å². The highest BCUT2D eigenvalue weighted by Gasteiger charge is 2.43. The van der Waals surface area contributed by atoms with Crippen LogP contribution in [0.3, 0.4) is 0 Å². The highest BCUT2D eigenvalue weighted by Crippen LogP contribution is 2.42. The molecule has 2 aliphatic rings. The molecule has 0 radical (unpaired) electrons. The van der Waals surface area contributed by atoms with Gasteiger partial charge in [0.25, 0.3) is 0 Å². The van der Waals surface area contributed by atoms with E-state index in [1.165, 1.54) is 0 Å². The van der Waals surface area contributed by atoms with Gasteiger partial charge in [-0.05, 0) is 32.6 Å². The van der Waals surface area contributed by atoms with Gasteiger partial charge in [0, 0.05) is 5.41 Å². The van der Waals surface area contributed by atoms with E-state index in [1.807, 2.05) is 13.8 Å². The number of hydrogen-bond acceptors (Lipinski definition) is 2. The van der Waals surface area contributed by atoms with Crippen molar-refractivity contribution in [1.29, 1.82) is 0 Å². The summed E-state index contributed by atoms with van der Waals surface area (Å²) in [5, 5.41) is 0. The quantitative estimate of drug-likeness (QED) is 0.555. The standard InChI is InChI=1S/C12H20O2/c1-10-6-4-5-7-12(10)8-13-11(2,3)14-9-12/h4-5,10H,6-9H2,1-3H3. The summed E-state index contributed by atoms with van der Waals surface area (Å²) in [4.78, 5) is 0. The van der Waals surface area contributed by atoms with E-state index in [4.69, 9.17) is 9.47 Å². The van der Waals surface area contributed by atoms with Crippen LogP contribution in [0.5, 0.6) is 0 Å². The van der Waals surface area contributed by atoms with E-state index in [0.29, 0.717) is 5.92 Å². The summed E-state index contributed by atoms with van der Waals surface area (Å²) < 4.78 is 11.5. The first-order valence-corrected chi connectivity index (χ1v) is 5.47. The molecule has 0 aromatic heterocycles. The largest absolute Gasteiger partial charge is 0.350 e. The maximum Gasteiger partial charge on any atom is 0.162 e. The van der Waals surface area contributed by atoms with Gasteiger partial charge in [-0.15, -0.1) is 0 Å². The molecule has 0 N–H and O–H groups in total. The molecule has 0 saturated carbocycles. The van der Waals surface area contributed by atoms with Gasteiger partial charge in [-0.1, -0.05) is 19.1 Å². The molecule has 1 fully saturated rings. The van der Waals surface area contributed by atoms with Gasteiger partial charge < -0.3 is 9.47 Å². The van der Waals surface area contributed by atoms with Crippen molar-refractivity contribution < 1.29 is 9.47 Å². The van der Waals surface area contributed by atoms with Crippen LogP contribution in [0.1, 0.15) is 33.6 Å². The number of hydrogen-bond donors (Lipinski definition) is 0. The van der Waals surface area contributed by atoms with Crippen LogP contribution in [0, 0.1) is 11.3 Å². The summed E-state index contributed by atoms with van der Waals surface area (Å²) in [5.41, 5.74) is 0.240. The van der Waals surface area contributed by atoms with E-state index in [-0.39, 0.29) is 11.2 Å². The second-order valence-electron chi connectivity index (χ2n) is 5.15. The van der Waals surface area contributed by atoms with E-state index in [9.17, 15) is 0 Å². The van der Waals surface area contributed by atoms with Gasteiger partial charge >= 0.3 is 0 Å². The first kappa shape index (κ1) is 10.2. The van der Waals surface area contributed by atoms with Crippen molar-refractivity contribution in [3.05, 3.63) is 12.2 Å². The minimum absolute atomic E-state index is 0.240. The van der Waals surface area contributed by atoms with Gasteiger partial charge in [-0.2, -0.15) is 0 Å². The lowest BCUT2D eigenvalue weighted by Crippen LogP contribution is -2.50. The average Bonchev–Trinajstić information content (AvgIpc) is 2.15. The number of allylic oxidation sites excluding steroid dienone is 2. The molecule has 0 amide bonds. The Morgan fingerprint density at radius 2 is 1.79 bits per heavy atom. The van der Waals surface area contributed by atoms with Crippen molar-refractivity contribution in [1.82, 2.24) is 0 Å². The zero-order valence-corrected chi connectivity index (χ0v) is 9.38. The third-order valence-electron chi connectivity index (χ3n) is 3.64. The summed E-state index contributed by atoms with van der Waals surface area (Å²) in [6.07, 6.45) is 6.80. The van der Waals surface area contributed by atoms with Crippen molar-refractivity contribution in [2.75, 3.05) is 13.2 Å². The van der Waals surface area contributed by atoms with E-state index in [1.54, 1.807) is 0 Å². The van der Waals surface area contributed by atoms with Crippen molar-refractivity contribution in [2.45, 2.75) is 39.4 Å². The summed E-state index contributed by atoms with van der Waals surface area (Å²) >= 11 is 0. The molecule has 0 aromatic rings. The Bertz CT molecular complexity index is 233. The van der Waals surface area contributed by atoms with Gasteiger partial charge in [0.05, 0.1) is 13.2 Å². The molecule has 2 rings (SSSR count). The smallest absolute Gasteiger partial charge is 0.162 e. The lowest BCUT2D eigenvalue weighted by atomic mass is 9.70. The van der Waals surface area contributed by atoms with Crippen molar-refractivity contribution >= 4 is 0 Å². The second kappa shape index (κ2) is 3.35. The monoisotopic (exact) mass is 196 g/mol. The van der Waals surface area contributed by atoms with E-state index >= 15 is 0 Å². The number of rotatable bonds is 0. The molecule has 1 heterocycles. The fourth-order valence-corrected chi connectivity index (χ4v) is 2.19. The maximum absolute atomic E-state index is 5.77. The third kappa shape index (κ3) is 1.73. The average molecular weight is 196 g/mol. The Balaban J connectivity index is 2.08. The highest BCUT2D eigenvalue weighted by molar-refractivity contribution is 5.02. The van der Waals surface area contributed by atoms with Crippen molar-refractivity contribution in [2.24, 2.45) is 11.3 Å². The van der Waals surface area contributed by atoms with Gasteiger partial charge in [0.15, 0.2) is 5.79 Å². The molecule has 0 bridgehead atoms. The van der Waals surface area contributed by atoms with E-state index in [0.717, 1.165) is 26.1 Å². The lowest BCUT2D eigenvalue weighted by Gasteiger charge is -2.47. The molecule has 80 valence electrons. The van der Waals surface area contributed by atoms with Crippen LogP contribution in [0.25, 0.3) is 0 Å². The summed E-state index contributed by atoms with van der Waals surface area (Å²) in [6.45, 7) is 7.96. The third-order valence-corrected chi connectivity index (χ3v) is 3.64.